The average molecular weight is 381 g/mol. The zero-order valence-corrected chi connectivity index (χ0v) is 16.9. The van der Waals surface area contributed by atoms with Crippen molar-refractivity contribution in [2.45, 2.75) is 45.7 Å². The number of carbonyl (C=O) groups is 3. The second-order valence-electron chi connectivity index (χ2n) is 7.08. The minimum atomic E-state index is -0.794. The highest BCUT2D eigenvalue weighted by atomic mass is 32.2. The fourth-order valence-corrected chi connectivity index (χ4v) is 2.68. The van der Waals surface area contributed by atoms with Crippen LogP contribution in [0.25, 0.3) is 0 Å². The number of rotatable bonds is 8. The van der Waals surface area contributed by atoms with Crippen molar-refractivity contribution in [1.82, 2.24) is 10.6 Å². The highest BCUT2D eigenvalue weighted by Crippen LogP contribution is 2.08. The molecule has 2 amide bonds. The molecule has 6 nitrogen and oxygen atoms in total. The highest BCUT2D eigenvalue weighted by Gasteiger charge is 2.24. The molecule has 0 aromatic heterocycles. The van der Waals surface area contributed by atoms with Gasteiger partial charge in [0.25, 0.3) is 11.8 Å². The van der Waals surface area contributed by atoms with Crippen LogP contribution < -0.4 is 10.6 Å². The third-order valence-electron chi connectivity index (χ3n) is 3.34. The van der Waals surface area contributed by atoms with Crippen molar-refractivity contribution in [3.8, 4) is 0 Å². The van der Waals surface area contributed by atoms with Crippen LogP contribution in [0.4, 0.5) is 0 Å². The van der Waals surface area contributed by atoms with Gasteiger partial charge in [-0.2, -0.15) is 11.8 Å². The van der Waals surface area contributed by atoms with Crippen molar-refractivity contribution in [3.63, 3.8) is 0 Å². The molecular formula is C19H28N2O4S. The summed E-state index contributed by atoms with van der Waals surface area (Å²) in [5, 5.41) is 5.43. The zero-order valence-electron chi connectivity index (χ0n) is 16.0. The molecule has 144 valence electrons. The number of benzene rings is 1. The summed E-state index contributed by atoms with van der Waals surface area (Å²) in [6.07, 6.45) is 2.35. The van der Waals surface area contributed by atoms with Crippen LogP contribution in [-0.2, 0) is 14.3 Å². The predicted octanol–water partition coefficient (Wildman–Crippen LogP) is 2.30. The van der Waals surface area contributed by atoms with Crippen molar-refractivity contribution in [3.05, 3.63) is 35.4 Å². The second kappa shape index (κ2) is 10.2. The van der Waals surface area contributed by atoms with E-state index >= 15 is 0 Å². The Morgan fingerprint density at radius 2 is 1.92 bits per heavy atom. The van der Waals surface area contributed by atoms with Gasteiger partial charge in [0.1, 0.15) is 6.04 Å². The topological polar surface area (TPSA) is 84.5 Å². The molecule has 1 rings (SSSR count). The number of thioether (sulfide) groups is 1. The van der Waals surface area contributed by atoms with Gasteiger partial charge in [0.15, 0.2) is 6.61 Å². The third kappa shape index (κ3) is 8.38. The van der Waals surface area contributed by atoms with E-state index in [1.807, 2.05) is 40.0 Å². The predicted molar refractivity (Wildman–Crippen MR) is 104 cm³/mol. The van der Waals surface area contributed by atoms with E-state index in [1.54, 1.807) is 30.0 Å². The Hall–Kier alpha value is -2.02. The number of carbonyl (C=O) groups excluding carboxylic acids is 3. The maximum Gasteiger partial charge on any atom is 0.329 e. The molecular weight excluding hydrogens is 352 g/mol. The van der Waals surface area contributed by atoms with Crippen molar-refractivity contribution in [2.24, 2.45) is 0 Å². The molecule has 0 aliphatic heterocycles. The molecule has 0 fully saturated rings. The molecule has 0 radical (unpaired) electrons. The van der Waals surface area contributed by atoms with Crippen LogP contribution in [0.2, 0.25) is 0 Å². The summed E-state index contributed by atoms with van der Waals surface area (Å²) < 4.78 is 5.09. The van der Waals surface area contributed by atoms with Gasteiger partial charge in [0.05, 0.1) is 0 Å². The summed E-state index contributed by atoms with van der Waals surface area (Å²) in [6.45, 7) is 7.05. The molecule has 2 N–H and O–H groups in total. The van der Waals surface area contributed by atoms with Gasteiger partial charge in [-0.1, -0.05) is 17.7 Å². The lowest BCUT2D eigenvalue weighted by Crippen LogP contribution is -2.45. The van der Waals surface area contributed by atoms with Gasteiger partial charge in [0.2, 0.25) is 0 Å². The highest BCUT2D eigenvalue weighted by molar-refractivity contribution is 7.98. The van der Waals surface area contributed by atoms with E-state index in [0.29, 0.717) is 17.7 Å². The lowest BCUT2D eigenvalue weighted by atomic mass is 10.1. The Balaban J connectivity index is 2.68. The van der Waals surface area contributed by atoms with Crippen LogP contribution in [-0.4, -0.2) is 48.0 Å². The van der Waals surface area contributed by atoms with Gasteiger partial charge >= 0.3 is 5.97 Å². The molecule has 0 aliphatic carbocycles. The van der Waals surface area contributed by atoms with Crippen molar-refractivity contribution >= 4 is 29.5 Å². The summed E-state index contributed by atoms with van der Waals surface area (Å²) in [5.74, 6) is -0.637. The van der Waals surface area contributed by atoms with E-state index in [4.69, 9.17) is 4.74 Å². The van der Waals surface area contributed by atoms with Gasteiger partial charge in [-0.3, -0.25) is 9.59 Å². The molecule has 0 heterocycles. The van der Waals surface area contributed by atoms with Crippen LogP contribution in [0.3, 0.4) is 0 Å². The van der Waals surface area contributed by atoms with E-state index < -0.39 is 17.6 Å². The Kier molecular flexibility index (Phi) is 8.65. The lowest BCUT2D eigenvalue weighted by molar-refractivity contribution is -0.150. The van der Waals surface area contributed by atoms with Crippen LogP contribution in [0.15, 0.2) is 24.3 Å². The number of nitrogens with one attached hydrogen (secondary N) is 2. The smallest absolute Gasteiger partial charge is 0.329 e. The summed E-state index contributed by atoms with van der Waals surface area (Å²) in [4.78, 5) is 36.5. The van der Waals surface area contributed by atoms with Crippen molar-refractivity contribution in [2.75, 3.05) is 18.6 Å². The summed E-state index contributed by atoms with van der Waals surface area (Å²) in [6, 6.07) is 6.33. The molecule has 26 heavy (non-hydrogen) atoms. The van der Waals surface area contributed by atoms with Gasteiger partial charge in [-0.25, -0.2) is 4.79 Å². The van der Waals surface area contributed by atoms with E-state index in [2.05, 4.69) is 10.6 Å². The van der Waals surface area contributed by atoms with Crippen molar-refractivity contribution in [1.29, 1.82) is 0 Å². The summed E-state index contributed by atoms with van der Waals surface area (Å²) in [7, 11) is 0. The summed E-state index contributed by atoms with van der Waals surface area (Å²) >= 11 is 1.57. The van der Waals surface area contributed by atoms with E-state index in [-0.39, 0.29) is 18.4 Å². The first-order valence-corrected chi connectivity index (χ1v) is 9.86. The van der Waals surface area contributed by atoms with E-state index in [1.165, 1.54) is 0 Å². The number of aryl methyl sites for hydroxylation is 1. The summed E-state index contributed by atoms with van der Waals surface area (Å²) in [5.41, 5.74) is 1.04. The SMILES string of the molecule is CSCC[C@@H](NC(=O)c1cccc(C)c1)C(=O)OCC(=O)NC(C)(C)C. The first kappa shape index (κ1) is 22.0. The Morgan fingerprint density at radius 3 is 2.50 bits per heavy atom. The quantitative estimate of drug-likeness (QED) is 0.676. The largest absolute Gasteiger partial charge is 0.454 e. The Morgan fingerprint density at radius 1 is 1.23 bits per heavy atom. The van der Waals surface area contributed by atoms with Gasteiger partial charge in [-0.15, -0.1) is 0 Å². The molecule has 0 saturated heterocycles. The molecule has 1 aromatic rings. The maximum atomic E-state index is 12.4. The fraction of sp³-hybridized carbons (Fsp3) is 0.526. The zero-order chi connectivity index (χ0) is 19.7. The minimum absolute atomic E-state index is 0.337. The molecule has 0 aliphatic rings. The molecule has 0 unspecified atom stereocenters. The molecule has 7 heteroatoms. The monoisotopic (exact) mass is 380 g/mol. The standard InChI is InChI=1S/C19H28N2O4S/c1-13-7-6-8-14(11-13)17(23)20-15(9-10-26-5)18(24)25-12-16(22)21-19(2,3)4/h6-8,11,15H,9-10,12H2,1-5H3,(H,20,23)(H,21,22)/t15-/m1/s1. The van der Waals surface area contributed by atoms with Crippen LogP contribution in [0.1, 0.15) is 43.1 Å². The van der Waals surface area contributed by atoms with Gasteiger partial charge in [0, 0.05) is 11.1 Å². The lowest BCUT2D eigenvalue weighted by Gasteiger charge is -2.21. The fourth-order valence-electron chi connectivity index (χ4n) is 2.20. The normalized spacial score (nSPS) is 12.2. The van der Waals surface area contributed by atoms with E-state index in [9.17, 15) is 14.4 Å². The van der Waals surface area contributed by atoms with Crippen LogP contribution in [0, 0.1) is 6.92 Å². The van der Waals surface area contributed by atoms with Crippen LogP contribution >= 0.6 is 11.8 Å². The Bertz CT molecular complexity index is 641. The first-order valence-electron chi connectivity index (χ1n) is 8.46. The Labute approximate surface area is 159 Å². The molecule has 1 atom stereocenters. The number of amides is 2. The molecule has 0 saturated carbocycles. The van der Waals surface area contributed by atoms with Gasteiger partial charge < -0.3 is 15.4 Å². The number of esters is 1. The minimum Gasteiger partial charge on any atom is -0.454 e. The van der Waals surface area contributed by atoms with Gasteiger partial charge in [-0.05, 0) is 58.3 Å². The first-order chi connectivity index (χ1) is 12.1. The second-order valence-corrected chi connectivity index (χ2v) is 8.07. The maximum absolute atomic E-state index is 12.4. The molecule has 0 bridgehead atoms. The molecule has 0 spiro atoms. The third-order valence-corrected chi connectivity index (χ3v) is 3.98. The number of hydrogen-bond acceptors (Lipinski definition) is 5. The number of ether oxygens (including phenoxy) is 1. The average Bonchev–Trinajstić information content (AvgIpc) is 2.54. The van der Waals surface area contributed by atoms with Crippen molar-refractivity contribution < 1.29 is 19.1 Å². The van der Waals surface area contributed by atoms with E-state index in [0.717, 1.165) is 5.56 Å². The number of hydrogen-bond donors (Lipinski definition) is 2. The van der Waals surface area contributed by atoms with Crippen LogP contribution in [0.5, 0.6) is 0 Å². The molecule has 1 aromatic carbocycles.